The van der Waals surface area contributed by atoms with Crippen LogP contribution in [0, 0.1) is 12.8 Å². The third-order valence-corrected chi connectivity index (χ3v) is 9.45. The Morgan fingerprint density at radius 1 is 1.05 bits per heavy atom. The van der Waals surface area contributed by atoms with Crippen LogP contribution >= 0.6 is 11.8 Å². The van der Waals surface area contributed by atoms with Gasteiger partial charge in [0.1, 0.15) is 6.04 Å². The Labute approximate surface area is 244 Å². The van der Waals surface area contributed by atoms with Crippen LogP contribution in [0.25, 0.3) is 11.1 Å². The molecule has 1 aliphatic heterocycles. The predicted molar refractivity (Wildman–Crippen MR) is 164 cm³/mol. The molecule has 1 unspecified atom stereocenters. The number of likely N-dealkylation sites (tertiary alicyclic amines) is 1. The maximum absolute atomic E-state index is 13.5. The summed E-state index contributed by atoms with van der Waals surface area (Å²) in [6.07, 6.45) is 12.8. The van der Waals surface area contributed by atoms with E-state index in [1.54, 1.807) is 18.9 Å². The van der Waals surface area contributed by atoms with E-state index in [9.17, 15) is 14.7 Å². The number of rotatable bonds is 13. The molecule has 0 bridgehead atoms. The predicted octanol–water partition coefficient (Wildman–Crippen LogP) is 6.55. The van der Waals surface area contributed by atoms with Crippen molar-refractivity contribution in [1.29, 1.82) is 0 Å². The molecular formula is C33H46N2O4S. The zero-order valence-corrected chi connectivity index (χ0v) is 25.2. The van der Waals surface area contributed by atoms with Gasteiger partial charge in [0.15, 0.2) is 0 Å². The molecule has 6 nitrogen and oxygen atoms in total. The minimum absolute atomic E-state index is 0.341. The Morgan fingerprint density at radius 3 is 2.50 bits per heavy atom. The second-order valence-electron chi connectivity index (χ2n) is 11.6. The van der Waals surface area contributed by atoms with Gasteiger partial charge in [-0.1, -0.05) is 62.4 Å². The average molecular weight is 567 g/mol. The van der Waals surface area contributed by atoms with Crippen molar-refractivity contribution in [3.05, 3.63) is 59.2 Å². The average Bonchev–Trinajstić information content (AvgIpc) is 3.32. The molecule has 0 spiro atoms. The SMILES string of the molecule is COC[C@H]1CC[C@@H](CC2CCCCC2)N1Cc1ccc(C(=O)NC(CCSC)C(=O)O)c(-c2ccccc2C)c1. The van der Waals surface area contributed by atoms with Crippen LogP contribution in [0.4, 0.5) is 0 Å². The standard InChI is InChI=1S/C33H46N2O4S/c1-23-9-7-8-12-28(23)30-20-25(13-16-29(30)32(36)34-31(33(37)38)17-18-40-3)21-35-26(14-15-27(35)22-39-2)19-24-10-5-4-6-11-24/h7-9,12-13,16,20,24,26-27,31H,4-6,10-11,14-15,17-19,21-22H2,1-3H3,(H,34,36)(H,37,38)/t26-,27+,31?/m0/s1. The summed E-state index contributed by atoms with van der Waals surface area (Å²) < 4.78 is 5.63. The highest BCUT2D eigenvalue weighted by atomic mass is 32.2. The van der Waals surface area contributed by atoms with Gasteiger partial charge in [0.25, 0.3) is 5.91 Å². The molecule has 1 saturated carbocycles. The lowest BCUT2D eigenvalue weighted by molar-refractivity contribution is -0.139. The van der Waals surface area contributed by atoms with E-state index < -0.39 is 12.0 Å². The van der Waals surface area contributed by atoms with Crippen molar-refractivity contribution in [3.8, 4) is 11.1 Å². The van der Waals surface area contributed by atoms with Crippen molar-refractivity contribution >= 4 is 23.6 Å². The van der Waals surface area contributed by atoms with Crippen LogP contribution in [0.3, 0.4) is 0 Å². The molecule has 0 radical (unpaired) electrons. The van der Waals surface area contributed by atoms with Gasteiger partial charge in [0, 0.05) is 31.3 Å². The highest BCUT2D eigenvalue weighted by Crippen LogP contribution is 2.36. The molecule has 3 atom stereocenters. The van der Waals surface area contributed by atoms with E-state index in [1.807, 2.05) is 36.6 Å². The summed E-state index contributed by atoms with van der Waals surface area (Å²) >= 11 is 1.58. The molecule has 2 fully saturated rings. The molecule has 1 saturated heterocycles. The first-order chi connectivity index (χ1) is 19.4. The van der Waals surface area contributed by atoms with E-state index in [1.165, 1.54) is 50.5 Å². The zero-order chi connectivity index (χ0) is 28.5. The van der Waals surface area contributed by atoms with Crippen LogP contribution in [0.1, 0.15) is 79.3 Å². The van der Waals surface area contributed by atoms with Gasteiger partial charge in [0.05, 0.1) is 6.61 Å². The van der Waals surface area contributed by atoms with Crippen LogP contribution in [0.15, 0.2) is 42.5 Å². The van der Waals surface area contributed by atoms with Crippen molar-refractivity contribution in [1.82, 2.24) is 10.2 Å². The third kappa shape index (κ3) is 7.89. The quantitative estimate of drug-likeness (QED) is 0.286. The monoisotopic (exact) mass is 566 g/mol. The molecule has 2 N–H and O–H groups in total. The summed E-state index contributed by atoms with van der Waals surface area (Å²) in [5, 5.41) is 12.5. The van der Waals surface area contributed by atoms with Gasteiger partial charge in [-0.15, -0.1) is 0 Å². The number of methoxy groups -OCH3 is 1. The van der Waals surface area contributed by atoms with E-state index in [0.29, 0.717) is 29.8 Å². The Kier molecular flexibility index (Phi) is 11.5. The number of ether oxygens (including phenoxy) is 1. The fourth-order valence-electron chi connectivity index (χ4n) is 6.63. The number of carboxylic acids is 1. The van der Waals surface area contributed by atoms with E-state index >= 15 is 0 Å². The smallest absolute Gasteiger partial charge is 0.326 e. The fourth-order valence-corrected chi connectivity index (χ4v) is 7.10. The Hall–Kier alpha value is -2.35. The molecule has 7 heteroatoms. The molecule has 1 aliphatic carbocycles. The van der Waals surface area contributed by atoms with Crippen LogP contribution in [0.2, 0.25) is 0 Å². The Bertz CT molecular complexity index is 1130. The number of amides is 1. The highest BCUT2D eigenvalue weighted by Gasteiger charge is 2.35. The number of nitrogens with one attached hydrogen (secondary N) is 1. The summed E-state index contributed by atoms with van der Waals surface area (Å²) in [5.41, 5.74) is 4.62. The van der Waals surface area contributed by atoms with Crippen molar-refractivity contribution in [3.63, 3.8) is 0 Å². The second kappa shape index (κ2) is 15.0. The molecule has 4 rings (SSSR count). The largest absolute Gasteiger partial charge is 0.480 e. The Morgan fingerprint density at radius 2 is 1.80 bits per heavy atom. The van der Waals surface area contributed by atoms with E-state index in [4.69, 9.17) is 4.74 Å². The van der Waals surface area contributed by atoms with Crippen LogP contribution in [-0.2, 0) is 16.1 Å². The molecule has 40 heavy (non-hydrogen) atoms. The number of carbonyl (C=O) groups is 2. The van der Waals surface area contributed by atoms with Gasteiger partial charge in [-0.25, -0.2) is 4.79 Å². The second-order valence-corrected chi connectivity index (χ2v) is 12.6. The normalized spacial score (nSPS) is 20.9. The number of hydrogen-bond donors (Lipinski definition) is 2. The number of aryl methyl sites for hydroxylation is 1. The number of thioether (sulfide) groups is 1. The maximum atomic E-state index is 13.5. The topological polar surface area (TPSA) is 78.9 Å². The maximum Gasteiger partial charge on any atom is 0.326 e. The van der Waals surface area contributed by atoms with Gasteiger partial charge >= 0.3 is 5.97 Å². The van der Waals surface area contributed by atoms with Crippen LogP contribution < -0.4 is 5.32 Å². The number of carbonyl (C=O) groups excluding carboxylic acids is 1. The summed E-state index contributed by atoms with van der Waals surface area (Å²) in [5.74, 6) is 0.150. The van der Waals surface area contributed by atoms with Crippen LogP contribution in [0.5, 0.6) is 0 Å². The van der Waals surface area contributed by atoms with Gasteiger partial charge in [-0.2, -0.15) is 11.8 Å². The molecular weight excluding hydrogens is 520 g/mol. The first-order valence-corrected chi connectivity index (χ1v) is 16.3. The first kappa shape index (κ1) is 30.6. The van der Waals surface area contributed by atoms with E-state index in [2.05, 4.69) is 29.3 Å². The van der Waals surface area contributed by atoms with Gasteiger partial charge in [-0.05, 0) is 84.9 Å². The lowest BCUT2D eigenvalue weighted by Crippen LogP contribution is -2.41. The molecule has 0 aromatic heterocycles. The van der Waals surface area contributed by atoms with Crippen molar-refractivity contribution in [2.75, 3.05) is 25.7 Å². The molecule has 2 aromatic carbocycles. The van der Waals surface area contributed by atoms with E-state index in [0.717, 1.165) is 42.2 Å². The van der Waals surface area contributed by atoms with Gasteiger partial charge in [-0.3, -0.25) is 9.69 Å². The number of benzene rings is 2. The minimum Gasteiger partial charge on any atom is -0.480 e. The van der Waals surface area contributed by atoms with E-state index in [-0.39, 0.29) is 5.91 Å². The van der Waals surface area contributed by atoms with Crippen LogP contribution in [-0.4, -0.2) is 65.7 Å². The molecule has 1 amide bonds. The van der Waals surface area contributed by atoms with Crippen molar-refractivity contribution in [2.24, 2.45) is 5.92 Å². The number of hydrogen-bond acceptors (Lipinski definition) is 5. The van der Waals surface area contributed by atoms with Gasteiger partial charge < -0.3 is 15.2 Å². The van der Waals surface area contributed by atoms with Crippen molar-refractivity contribution in [2.45, 2.75) is 89.4 Å². The number of aliphatic carboxylic acids is 1. The minimum atomic E-state index is -1.00. The van der Waals surface area contributed by atoms with Gasteiger partial charge in [0.2, 0.25) is 0 Å². The fraction of sp³-hybridized carbons (Fsp3) is 0.576. The lowest BCUT2D eigenvalue weighted by atomic mass is 9.84. The van der Waals surface area contributed by atoms with Crippen molar-refractivity contribution < 1.29 is 19.4 Å². The summed E-state index contributed by atoms with van der Waals surface area (Å²) in [6.45, 7) is 3.61. The molecule has 2 aromatic rings. The molecule has 218 valence electrons. The summed E-state index contributed by atoms with van der Waals surface area (Å²) in [7, 11) is 1.79. The first-order valence-electron chi connectivity index (χ1n) is 14.9. The number of carboxylic acid groups (broad SMARTS) is 1. The Balaban J connectivity index is 1.62. The zero-order valence-electron chi connectivity index (χ0n) is 24.4. The third-order valence-electron chi connectivity index (χ3n) is 8.80. The summed E-state index contributed by atoms with van der Waals surface area (Å²) in [4.78, 5) is 28.0. The summed E-state index contributed by atoms with van der Waals surface area (Å²) in [6, 6.07) is 14.2. The number of nitrogens with zero attached hydrogens (tertiary/aromatic N) is 1. The lowest BCUT2D eigenvalue weighted by Gasteiger charge is -2.33. The molecule has 2 aliphatic rings. The highest BCUT2D eigenvalue weighted by molar-refractivity contribution is 7.98. The molecule has 1 heterocycles.